The second-order valence-corrected chi connectivity index (χ2v) is 7.05. The predicted molar refractivity (Wildman–Crippen MR) is 108 cm³/mol. The fourth-order valence-corrected chi connectivity index (χ4v) is 3.34. The van der Waals surface area contributed by atoms with Crippen LogP contribution in [0, 0.1) is 0 Å². The molecule has 0 aromatic carbocycles. The first-order chi connectivity index (χ1) is 11.9. The van der Waals surface area contributed by atoms with Gasteiger partial charge in [-0.15, -0.1) is 0 Å². The number of allylic oxidation sites excluding steroid dienone is 2. The van der Waals surface area contributed by atoms with Crippen LogP contribution in [0.25, 0.3) is 0 Å². The molecule has 0 unspecified atom stereocenters. The average molecular weight is 336 g/mol. The van der Waals surface area contributed by atoms with Crippen molar-refractivity contribution in [3.05, 3.63) is 12.2 Å². The molecule has 0 aromatic rings. The predicted octanol–water partition coefficient (Wildman–Crippen LogP) is 5.31. The van der Waals surface area contributed by atoms with Gasteiger partial charge in [-0.3, -0.25) is 4.99 Å². The number of amidine groups is 1. The molecule has 24 heavy (non-hydrogen) atoms. The summed E-state index contributed by atoms with van der Waals surface area (Å²) in [5.74, 6) is 1.29. The molecule has 3 nitrogen and oxygen atoms in total. The smallest absolute Gasteiger partial charge is 0.0990 e. The van der Waals surface area contributed by atoms with Gasteiger partial charge in [-0.2, -0.15) is 0 Å². The standard InChI is InChI=1S/C21H41N3/c1-2-3-4-5-6-7-8-9-10-11-12-13-14-15-16-21-23-18-20-24(21)19-17-22/h11-12H,2-10,13-20,22H2,1H3/b12-11+. The Labute approximate surface area is 150 Å². The molecule has 1 aliphatic rings. The number of hydrogen-bond acceptors (Lipinski definition) is 3. The van der Waals surface area contributed by atoms with Gasteiger partial charge >= 0.3 is 0 Å². The van der Waals surface area contributed by atoms with Gasteiger partial charge in [0, 0.05) is 26.1 Å². The summed E-state index contributed by atoms with van der Waals surface area (Å²) >= 11 is 0. The molecule has 0 aromatic heterocycles. The quantitative estimate of drug-likeness (QED) is 0.307. The highest BCUT2D eigenvalue weighted by molar-refractivity contribution is 5.83. The molecule has 0 fully saturated rings. The van der Waals surface area contributed by atoms with Crippen molar-refractivity contribution < 1.29 is 0 Å². The van der Waals surface area contributed by atoms with Crippen LogP contribution in [0.2, 0.25) is 0 Å². The lowest BCUT2D eigenvalue weighted by molar-refractivity contribution is 0.457. The van der Waals surface area contributed by atoms with Gasteiger partial charge in [-0.05, 0) is 32.1 Å². The molecule has 0 radical (unpaired) electrons. The topological polar surface area (TPSA) is 41.6 Å². The second-order valence-electron chi connectivity index (χ2n) is 7.05. The van der Waals surface area contributed by atoms with Crippen LogP contribution in [0.5, 0.6) is 0 Å². The van der Waals surface area contributed by atoms with Crippen molar-refractivity contribution in [2.45, 2.75) is 90.4 Å². The molecule has 0 bridgehead atoms. The van der Waals surface area contributed by atoms with Crippen molar-refractivity contribution in [1.82, 2.24) is 4.90 Å². The third kappa shape index (κ3) is 10.9. The molecule has 1 heterocycles. The van der Waals surface area contributed by atoms with Crippen LogP contribution in [0.3, 0.4) is 0 Å². The number of aliphatic imine (C=N–C) groups is 1. The van der Waals surface area contributed by atoms with E-state index in [1.165, 1.54) is 82.9 Å². The van der Waals surface area contributed by atoms with Crippen molar-refractivity contribution in [3.8, 4) is 0 Å². The van der Waals surface area contributed by atoms with Gasteiger partial charge in [0.15, 0.2) is 0 Å². The van der Waals surface area contributed by atoms with Crippen molar-refractivity contribution in [3.63, 3.8) is 0 Å². The molecule has 0 spiro atoms. The van der Waals surface area contributed by atoms with Crippen LogP contribution in [0.4, 0.5) is 0 Å². The Kier molecular flexibility index (Phi) is 13.9. The lowest BCUT2D eigenvalue weighted by Gasteiger charge is -2.19. The summed E-state index contributed by atoms with van der Waals surface area (Å²) in [7, 11) is 0. The van der Waals surface area contributed by atoms with Crippen molar-refractivity contribution >= 4 is 5.84 Å². The van der Waals surface area contributed by atoms with Crippen molar-refractivity contribution in [2.24, 2.45) is 10.7 Å². The van der Waals surface area contributed by atoms with E-state index in [1.807, 2.05) is 0 Å². The SMILES string of the molecule is CCCCCCCCCC/C=C/CCCCC1=NCCN1CCN. The molecule has 1 rings (SSSR count). The van der Waals surface area contributed by atoms with Crippen molar-refractivity contribution in [2.75, 3.05) is 26.2 Å². The zero-order chi connectivity index (χ0) is 17.3. The Bertz CT molecular complexity index is 336. The van der Waals surface area contributed by atoms with E-state index in [-0.39, 0.29) is 0 Å². The Hall–Kier alpha value is -0.830. The van der Waals surface area contributed by atoms with E-state index in [0.29, 0.717) is 0 Å². The highest BCUT2D eigenvalue weighted by Gasteiger charge is 2.14. The number of rotatable bonds is 16. The highest BCUT2D eigenvalue weighted by atomic mass is 15.2. The summed E-state index contributed by atoms with van der Waals surface area (Å²) in [5, 5.41) is 0. The molecule has 0 amide bonds. The van der Waals surface area contributed by atoms with Gasteiger partial charge in [-0.25, -0.2) is 0 Å². The van der Waals surface area contributed by atoms with Crippen LogP contribution in [-0.2, 0) is 0 Å². The summed E-state index contributed by atoms with van der Waals surface area (Å²) in [6.07, 6.45) is 22.2. The summed E-state index contributed by atoms with van der Waals surface area (Å²) in [4.78, 5) is 6.96. The third-order valence-electron chi connectivity index (χ3n) is 4.84. The number of nitrogens with two attached hydrogens (primary N) is 1. The molecular weight excluding hydrogens is 294 g/mol. The van der Waals surface area contributed by atoms with Crippen LogP contribution in [-0.4, -0.2) is 36.9 Å². The maximum Gasteiger partial charge on any atom is 0.0990 e. The second kappa shape index (κ2) is 15.7. The fraction of sp³-hybridized carbons (Fsp3) is 0.857. The van der Waals surface area contributed by atoms with E-state index >= 15 is 0 Å². The van der Waals surface area contributed by atoms with Gasteiger partial charge in [0.05, 0.1) is 12.4 Å². The van der Waals surface area contributed by atoms with Crippen LogP contribution in [0.1, 0.15) is 90.4 Å². The molecule has 0 saturated carbocycles. The maximum absolute atomic E-state index is 5.65. The minimum atomic E-state index is 0.737. The zero-order valence-corrected chi connectivity index (χ0v) is 16.1. The fourth-order valence-electron chi connectivity index (χ4n) is 3.34. The normalized spacial score (nSPS) is 14.8. The summed E-state index contributed by atoms with van der Waals surface area (Å²) in [5.41, 5.74) is 5.65. The lowest BCUT2D eigenvalue weighted by atomic mass is 10.1. The highest BCUT2D eigenvalue weighted by Crippen LogP contribution is 2.11. The Morgan fingerprint density at radius 2 is 1.54 bits per heavy atom. The third-order valence-corrected chi connectivity index (χ3v) is 4.84. The number of hydrogen-bond donors (Lipinski definition) is 1. The molecule has 1 aliphatic heterocycles. The first-order valence-electron chi connectivity index (χ1n) is 10.5. The summed E-state index contributed by atoms with van der Waals surface area (Å²) in [6.45, 7) is 6.03. The Morgan fingerprint density at radius 3 is 2.21 bits per heavy atom. The van der Waals surface area contributed by atoms with E-state index in [2.05, 4.69) is 29.0 Å². The number of unbranched alkanes of at least 4 members (excludes halogenated alkanes) is 10. The van der Waals surface area contributed by atoms with E-state index in [4.69, 9.17) is 5.73 Å². The van der Waals surface area contributed by atoms with E-state index in [9.17, 15) is 0 Å². The van der Waals surface area contributed by atoms with Crippen LogP contribution < -0.4 is 5.73 Å². The number of nitrogens with zero attached hydrogens (tertiary/aromatic N) is 2. The Balaban J connectivity index is 1.85. The van der Waals surface area contributed by atoms with E-state index in [1.54, 1.807) is 0 Å². The van der Waals surface area contributed by atoms with Gasteiger partial charge in [-0.1, -0.05) is 64.0 Å². The lowest BCUT2D eigenvalue weighted by Crippen LogP contribution is -2.32. The first-order valence-corrected chi connectivity index (χ1v) is 10.5. The molecule has 2 N–H and O–H groups in total. The van der Waals surface area contributed by atoms with Crippen LogP contribution >= 0.6 is 0 Å². The van der Waals surface area contributed by atoms with E-state index < -0.39 is 0 Å². The minimum absolute atomic E-state index is 0.737. The maximum atomic E-state index is 5.65. The molecule has 0 aliphatic carbocycles. The van der Waals surface area contributed by atoms with Gasteiger partial charge < -0.3 is 10.6 Å². The first kappa shape index (κ1) is 21.2. The van der Waals surface area contributed by atoms with Crippen LogP contribution in [0.15, 0.2) is 17.1 Å². The summed E-state index contributed by atoms with van der Waals surface area (Å²) < 4.78 is 0. The molecule has 140 valence electrons. The zero-order valence-electron chi connectivity index (χ0n) is 16.1. The minimum Gasteiger partial charge on any atom is -0.357 e. The monoisotopic (exact) mass is 335 g/mol. The molecular formula is C21H41N3. The molecule has 3 heteroatoms. The Morgan fingerprint density at radius 1 is 0.917 bits per heavy atom. The molecule has 0 atom stereocenters. The molecule has 0 saturated heterocycles. The van der Waals surface area contributed by atoms with Crippen molar-refractivity contribution in [1.29, 1.82) is 0 Å². The van der Waals surface area contributed by atoms with Gasteiger partial charge in [0.2, 0.25) is 0 Å². The van der Waals surface area contributed by atoms with E-state index in [0.717, 1.165) is 32.6 Å². The van der Waals surface area contributed by atoms with Gasteiger partial charge in [0.1, 0.15) is 0 Å². The average Bonchev–Trinajstić information content (AvgIpc) is 3.03. The summed E-state index contributed by atoms with van der Waals surface area (Å²) in [6, 6.07) is 0. The largest absolute Gasteiger partial charge is 0.357 e. The van der Waals surface area contributed by atoms with Gasteiger partial charge in [0.25, 0.3) is 0 Å².